The smallest absolute Gasteiger partial charge is 0.277 e. The first-order chi connectivity index (χ1) is 12.9. The van der Waals surface area contributed by atoms with Gasteiger partial charge < -0.3 is 15.5 Å². The predicted molar refractivity (Wildman–Crippen MR) is 91.9 cm³/mol. The Bertz CT molecular complexity index is 817. The van der Waals surface area contributed by atoms with E-state index in [9.17, 15) is 18.0 Å². The molecule has 27 heavy (non-hydrogen) atoms. The van der Waals surface area contributed by atoms with Crippen LogP contribution in [-0.2, 0) is 11.3 Å². The summed E-state index contributed by atoms with van der Waals surface area (Å²) in [4.78, 5) is 16.9. The van der Waals surface area contributed by atoms with Gasteiger partial charge in [0, 0.05) is 0 Å². The largest absolute Gasteiger partial charge is 0.394 e. The Balaban J connectivity index is 2.27. The number of hydrogen-bond donors (Lipinski definition) is 4. The quantitative estimate of drug-likeness (QED) is 0.525. The molecule has 0 aliphatic heterocycles. The van der Waals surface area contributed by atoms with Crippen molar-refractivity contribution in [3.05, 3.63) is 58.9 Å². The highest BCUT2D eigenvalue weighted by molar-refractivity contribution is 5.99. The number of benzene rings is 2. The van der Waals surface area contributed by atoms with Crippen molar-refractivity contribution in [3.8, 4) is 0 Å². The first-order valence-corrected chi connectivity index (χ1v) is 8.11. The van der Waals surface area contributed by atoms with Crippen LogP contribution in [-0.4, -0.2) is 35.4 Å². The zero-order valence-corrected chi connectivity index (χ0v) is 14.4. The van der Waals surface area contributed by atoms with Crippen molar-refractivity contribution in [1.29, 1.82) is 0 Å². The molecular formula is C18H19F3N2O4. The third kappa shape index (κ3) is 5.19. The van der Waals surface area contributed by atoms with E-state index in [-0.39, 0.29) is 11.3 Å². The highest BCUT2D eigenvalue weighted by Gasteiger charge is 2.20. The number of aryl methyl sites for hydroxylation is 1. The molecule has 2 rings (SSSR count). The van der Waals surface area contributed by atoms with Crippen LogP contribution in [0.1, 0.15) is 22.8 Å². The van der Waals surface area contributed by atoms with Gasteiger partial charge in [-0.05, 0) is 36.2 Å². The summed E-state index contributed by atoms with van der Waals surface area (Å²) >= 11 is 0. The summed E-state index contributed by atoms with van der Waals surface area (Å²) in [5, 5.41) is 20.2. The van der Waals surface area contributed by atoms with Crippen LogP contribution >= 0.6 is 0 Å². The number of carbonyl (C=O) groups excluding carboxylic acids is 1. The van der Waals surface area contributed by atoms with E-state index in [0.29, 0.717) is 12.0 Å². The van der Waals surface area contributed by atoms with Gasteiger partial charge in [-0.1, -0.05) is 13.0 Å². The standard InChI is InChI=1S/C18H19F3N2O4/c1-2-10-3-6-15(14(20)7-10)22-17-12(4-5-13(19)16(17)21)18(26)23-27-9-11(25)8-24/h3-7,11,22,24-25H,2,8-9H2,1H3,(H,23,26)/t11-/m1/s1. The lowest BCUT2D eigenvalue weighted by atomic mass is 10.1. The Morgan fingerprint density at radius 1 is 1.19 bits per heavy atom. The second kappa shape index (κ2) is 9.36. The van der Waals surface area contributed by atoms with Gasteiger partial charge in [-0.2, -0.15) is 0 Å². The van der Waals surface area contributed by atoms with Crippen molar-refractivity contribution < 1.29 is 33.0 Å². The van der Waals surface area contributed by atoms with Gasteiger partial charge in [0.25, 0.3) is 5.91 Å². The zero-order chi connectivity index (χ0) is 20.0. The van der Waals surface area contributed by atoms with E-state index < -0.39 is 48.4 Å². The SMILES string of the molecule is CCc1ccc(Nc2c(C(=O)NOC[C@H](O)CO)ccc(F)c2F)c(F)c1. The number of hydroxylamine groups is 1. The van der Waals surface area contributed by atoms with Crippen LogP contribution in [0.5, 0.6) is 0 Å². The summed E-state index contributed by atoms with van der Waals surface area (Å²) in [7, 11) is 0. The number of halogens is 3. The second-order valence-electron chi connectivity index (χ2n) is 5.66. The summed E-state index contributed by atoms with van der Waals surface area (Å²) in [5.41, 5.74) is 1.61. The van der Waals surface area contributed by atoms with E-state index in [0.717, 1.165) is 12.1 Å². The minimum absolute atomic E-state index is 0.137. The van der Waals surface area contributed by atoms with Crippen LogP contribution in [0.2, 0.25) is 0 Å². The van der Waals surface area contributed by atoms with E-state index in [1.54, 1.807) is 6.07 Å². The zero-order valence-electron chi connectivity index (χ0n) is 14.4. The number of aliphatic hydroxyl groups is 2. The summed E-state index contributed by atoms with van der Waals surface area (Å²) < 4.78 is 42.0. The molecule has 4 N–H and O–H groups in total. The summed E-state index contributed by atoms with van der Waals surface area (Å²) in [6, 6.07) is 5.96. The van der Waals surface area contributed by atoms with Gasteiger partial charge in [-0.25, -0.2) is 18.7 Å². The Morgan fingerprint density at radius 3 is 2.56 bits per heavy atom. The van der Waals surface area contributed by atoms with Gasteiger partial charge >= 0.3 is 0 Å². The molecule has 146 valence electrons. The van der Waals surface area contributed by atoms with Gasteiger partial charge in [0.05, 0.1) is 23.5 Å². The molecule has 0 fully saturated rings. The first kappa shape index (κ1) is 20.7. The van der Waals surface area contributed by atoms with Gasteiger partial charge in [0.1, 0.15) is 18.5 Å². The van der Waals surface area contributed by atoms with E-state index in [1.807, 2.05) is 12.4 Å². The fourth-order valence-electron chi connectivity index (χ4n) is 2.19. The maximum atomic E-state index is 14.2. The highest BCUT2D eigenvalue weighted by atomic mass is 19.2. The van der Waals surface area contributed by atoms with Gasteiger partial charge in [-0.3, -0.25) is 9.63 Å². The predicted octanol–water partition coefficient (Wildman–Crippen LogP) is 2.42. The molecule has 0 unspecified atom stereocenters. The molecular weight excluding hydrogens is 365 g/mol. The number of hydrogen-bond acceptors (Lipinski definition) is 5. The van der Waals surface area contributed by atoms with Gasteiger partial charge in [0.15, 0.2) is 11.6 Å². The number of amides is 1. The molecule has 9 heteroatoms. The summed E-state index contributed by atoms with van der Waals surface area (Å²) in [5.74, 6) is -4.23. The topological polar surface area (TPSA) is 90.8 Å². The molecule has 0 aliphatic rings. The third-order valence-electron chi connectivity index (χ3n) is 3.69. The Morgan fingerprint density at radius 2 is 1.93 bits per heavy atom. The van der Waals surface area contributed by atoms with Crippen molar-refractivity contribution in [3.63, 3.8) is 0 Å². The van der Waals surface area contributed by atoms with Crippen LogP contribution in [0, 0.1) is 17.5 Å². The molecule has 0 bridgehead atoms. The van der Waals surface area contributed by atoms with Crippen LogP contribution in [0.4, 0.5) is 24.5 Å². The average molecular weight is 384 g/mol. The average Bonchev–Trinajstić information content (AvgIpc) is 2.66. The Kier molecular flexibility index (Phi) is 7.17. The molecule has 0 spiro atoms. The third-order valence-corrected chi connectivity index (χ3v) is 3.69. The molecule has 0 radical (unpaired) electrons. The normalized spacial score (nSPS) is 11.9. The Hall–Kier alpha value is -2.62. The molecule has 0 saturated carbocycles. The number of aliphatic hydroxyl groups excluding tert-OH is 2. The molecule has 1 atom stereocenters. The van der Waals surface area contributed by atoms with Gasteiger partial charge in [-0.15, -0.1) is 0 Å². The van der Waals surface area contributed by atoms with Crippen LogP contribution < -0.4 is 10.8 Å². The molecule has 2 aromatic rings. The van der Waals surface area contributed by atoms with E-state index >= 15 is 0 Å². The lowest BCUT2D eigenvalue weighted by Crippen LogP contribution is -2.30. The van der Waals surface area contributed by atoms with E-state index in [1.165, 1.54) is 12.1 Å². The molecule has 0 saturated heterocycles. The summed E-state index contributed by atoms with van der Waals surface area (Å²) in [6.07, 6.45) is -0.630. The fraction of sp³-hybridized carbons (Fsp3) is 0.278. The summed E-state index contributed by atoms with van der Waals surface area (Å²) in [6.45, 7) is 0.840. The first-order valence-electron chi connectivity index (χ1n) is 8.11. The van der Waals surface area contributed by atoms with Crippen molar-refractivity contribution in [2.45, 2.75) is 19.4 Å². The fourth-order valence-corrected chi connectivity index (χ4v) is 2.19. The number of anilines is 2. The monoisotopic (exact) mass is 384 g/mol. The molecule has 2 aromatic carbocycles. The van der Waals surface area contributed by atoms with Crippen molar-refractivity contribution in [1.82, 2.24) is 5.48 Å². The molecule has 0 heterocycles. The minimum atomic E-state index is -1.36. The van der Waals surface area contributed by atoms with Crippen molar-refractivity contribution in [2.75, 3.05) is 18.5 Å². The van der Waals surface area contributed by atoms with Gasteiger partial charge in [0.2, 0.25) is 0 Å². The maximum Gasteiger partial charge on any atom is 0.277 e. The van der Waals surface area contributed by atoms with E-state index in [2.05, 4.69) is 5.32 Å². The van der Waals surface area contributed by atoms with Crippen molar-refractivity contribution >= 4 is 17.3 Å². The molecule has 0 aromatic heterocycles. The van der Waals surface area contributed by atoms with Crippen LogP contribution in [0.3, 0.4) is 0 Å². The molecule has 0 aliphatic carbocycles. The number of nitrogens with one attached hydrogen (secondary N) is 2. The van der Waals surface area contributed by atoms with Crippen molar-refractivity contribution in [2.24, 2.45) is 0 Å². The maximum absolute atomic E-state index is 14.2. The second-order valence-corrected chi connectivity index (χ2v) is 5.66. The number of carbonyl (C=O) groups is 1. The molecule has 1 amide bonds. The Labute approximate surface area is 153 Å². The van der Waals surface area contributed by atoms with Crippen LogP contribution in [0.25, 0.3) is 0 Å². The number of rotatable bonds is 8. The molecule has 6 nitrogen and oxygen atoms in total. The van der Waals surface area contributed by atoms with E-state index in [4.69, 9.17) is 15.1 Å². The minimum Gasteiger partial charge on any atom is -0.394 e. The lowest BCUT2D eigenvalue weighted by molar-refractivity contribution is -0.0295. The lowest BCUT2D eigenvalue weighted by Gasteiger charge is -2.15. The highest BCUT2D eigenvalue weighted by Crippen LogP contribution is 2.28. The van der Waals surface area contributed by atoms with Crippen LogP contribution in [0.15, 0.2) is 30.3 Å².